The number of nitro benzene ring substituents is 1. The number of carbonyl (C=O) groups is 1. The lowest BCUT2D eigenvalue weighted by molar-refractivity contribution is -0.384. The first-order valence-electron chi connectivity index (χ1n) is 8.27. The van der Waals surface area contributed by atoms with Gasteiger partial charge in [0.2, 0.25) is 5.91 Å². The Kier molecular flexibility index (Phi) is 5.28. The Labute approximate surface area is 150 Å². The quantitative estimate of drug-likeness (QED) is 0.605. The maximum absolute atomic E-state index is 12.4. The van der Waals surface area contributed by atoms with Crippen LogP contribution in [0.25, 0.3) is 0 Å². The van der Waals surface area contributed by atoms with Gasteiger partial charge in [0.25, 0.3) is 5.69 Å². The number of anilines is 1. The molecule has 0 saturated carbocycles. The summed E-state index contributed by atoms with van der Waals surface area (Å²) in [6.45, 7) is 4.81. The first-order chi connectivity index (χ1) is 12.1. The van der Waals surface area contributed by atoms with E-state index in [0.29, 0.717) is 19.5 Å². The number of piperazine rings is 1. The fraction of sp³-hybridized carbons (Fsp3) is 0.412. The first-order valence-corrected chi connectivity index (χ1v) is 9.15. The van der Waals surface area contributed by atoms with Gasteiger partial charge in [-0.15, -0.1) is 11.3 Å². The van der Waals surface area contributed by atoms with Crippen LogP contribution in [0.1, 0.15) is 17.6 Å². The predicted molar refractivity (Wildman–Crippen MR) is 97.1 cm³/mol. The molecule has 0 radical (unpaired) electrons. The molecule has 1 saturated heterocycles. The van der Waals surface area contributed by atoms with Gasteiger partial charge >= 0.3 is 0 Å². The molecule has 0 unspecified atom stereocenters. The van der Waals surface area contributed by atoms with Crippen LogP contribution in [-0.2, 0) is 17.6 Å². The average Bonchev–Trinajstić information content (AvgIpc) is 3.09. The molecule has 25 heavy (non-hydrogen) atoms. The zero-order chi connectivity index (χ0) is 17.8. The second-order valence-corrected chi connectivity index (χ2v) is 6.85. The Bertz CT molecular complexity index is 752. The molecule has 132 valence electrons. The number of hydrogen-bond acceptors (Lipinski definition) is 6. The zero-order valence-electron chi connectivity index (χ0n) is 14.1. The summed E-state index contributed by atoms with van der Waals surface area (Å²) in [4.78, 5) is 31.2. The maximum atomic E-state index is 12.4. The van der Waals surface area contributed by atoms with Crippen molar-refractivity contribution in [1.82, 2.24) is 9.88 Å². The van der Waals surface area contributed by atoms with E-state index in [1.54, 1.807) is 23.5 Å². The molecule has 2 aromatic rings. The lowest BCUT2D eigenvalue weighted by atomic mass is 10.2. The summed E-state index contributed by atoms with van der Waals surface area (Å²) < 4.78 is 0. The molecule has 1 aromatic heterocycles. The molecule has 8 heteroatoms. The van der Waals surface area contributed by atoms with Crippen LogP contribution in [0.5, 0.6) is 0 Å². The van der Waals surface area contributed by atoms with Crippen molar-refractivity contribution >= 4 is 28.6 Å². The number of benzene rings is 1. The third-order valence-corrected chi connectivity index (χ3v) is 5.33. The van der Waals surface area contributed by atoms with Crippen LogP contribution in [0.2, 0.25) is 0 Å². The van der Waals surface area contributed by atoms with Gasteiger partial charge in [-0.3, -0.25) is 14.9 Å². The summed E-state index contributed by atoms with van der Waals surface area (Å²) in [5.41, 5.74) is 1.89. The molecular formula is C17H20N4O3S. The Balaban J connectivity index is 1.54. The molecule has 0 bridgehead atoms. The van der Waals surface area contributed by atoms with Crippen molar-refractivity contribution in [2.45, 2.75) is 19.8 Å². The zero-order valence-corrected chi connectivity index (χ0v) is 14.9. The molecule has 0 spiro atoms. The summed E-state index contributed by atoms with van der Waals surface area (Å²) in [5.74, 6) is 0.108. The van der Waals surface area contributed by atoms with Crippen LogP contribution >= 0.6 is 11.3 Å². The van der Waals surface area contributed by atoms with E-state index in [1.165, 1.54) is 12.1 Å². The molecule has 1 aromatic carbocycles. The van der Waals surface area contributed by atoms with Crippen molar-refractivity contribution in [2.24, 2.45) is 0 Å². The number of nitro groups is 1. The van der Waals surface area contributed by atoms with Crippen molar-refractivity contribution in [3.8, 4) is 0 Å². The highest BCUT2D eigenvalue weighted by molar-refractivity contribution is 7.09. The number of non-ortho nitro benzene ring substituents is 1. The van der Waals surface area contributed by atoms with Gasteiger partial charge in [-0.2, -0.15) is 0 Å². The molecule has 0 N–H and O–H groups in total. The van der Waals surface area contributed by atoms with Gasteiger partial charge in [-0.25, -0.2) is 4.98 Å². The second kappa shape index (κ2) is 7.60. The van der Waals surface area contributed by atoms with Crippen molar-refractivity contribution in [3.05, 3.63) is 50.5 Å². The number of hydrogen-bond donors (Lipinski definition) is 0. The summed E-state index contributed by atoms with van der Waals surface area (Å²) in [6.07, 6.45) is 1.25. The van der Waals surface area contributed by atoms with Crippen LogP contribution in [0.4, 0.5) is 11.4 Å². The summed E-state index contributed by atoms with van der Waals surface area (Å²) >= 11 is 1.60. The van der Waals surface area contributed by atoms with Crippen molar-refractivity contribution in [2.75, 3.05) is 31.1 Å². The number of aryl methyl sites for hydroxylation is 1. The van der Waals surface area contributed by atoms with Gasteiger partial charge in [-0.05, 0) is 18.6 Å². The lowest BCUT2D eigenvalue weighted by Gasteiger charge is -2.36. The summed E-state index contributed by atoms with van der Waals surface area (Å²) in [7, 11) is 0. The van der Waals surface area contributed by atoms with Gasteiger partial charge in [0, 0.05) is 49.4 Å². The summed E-state index contributed by atoms with van der Waals surface area (Å²) in [5, 5.41) is 13.7. The van der Waals surface area contributed by atoms with E-state index in [-0.39, 0.29) is 11.6 Å². The van der Waals surface area contributed by atoms with E-state index < -0.39 is 4.92 Å². The number of thiazole rings is 1. The van der Waals surface area contributed by atoms with Gasteiger partial charge in [-0.1, -0.05) is 6.92 Å². The van der Waals surface area contributed by atoms with E-state index in [9.17, 15) is 14.9 Å². The molecule has 2 heterocycles. The van der Waals surface area contributed by atoms with E-state index in [0.717, 1.165) is 35.9 Å². The second-order valence-electron chi connectivity index (χ2n) is 5.90. The van der Waals surface area contributed by atoms with E-state index >= 15 is 0 Å². The van der Waals surface area contributed by atoms with Crippen LogP contribution < -0.4 is 4.90 Å². The molecule has 1 aliphatic heterocycles. The van der Waals surface area contributed by atoms with E-state index in [1.807, 2.05) is 10.3 Å². The van der Waals surface area contributed by atoms with Crippen LogP contribution in [0, 0.1) is 10.1 Å². The number of amides is 1. The molecule has 7 nitrogen and oxygen atoms in total. The highest BCUT2D eigenvalue weighted by Gasteiger charge is 2.22. The van der Waals surface area contributed by atoms with Gasteiger partial charge in [0.05, 0.1) is 22.0 Å². The Morgan fingerprint density at radius 2 is 1.92 bits per heavy atom. The van der Waals surface area contributed by atoms with Gasteiger partial charge in [0.1, 0.15) is 0 Å². The Hall–Kier alpha value is -2.48. The lowest BCUT2D eigenvalue weighted by Crippen LogP contribution is -2.49. The normalized spacial score (nSPS) is 14.6. The number of carbonyl (C=O) groups excluding carboxylic acids is 1. The first kappa shape index (κ1) is 17.3. The van der Waals surface area contributed by atoms with Crippen molar-refractivity contribution < 1.29 is 9.72 Å². The van der Waals surface area contributed by atoms with E-state index in [4.69, 9.17) is 0 Å². The van der Waals surface area contributed by atoms with Gasteiger partial charge < -0.3 is 9.80 Å². The molecule has 1 fully saturated rings. The largest absolute Gasteiger partial charge is 0.368 e. The van der Waals surface area contributed by atoms with Crippen LogP contribution in [0.15, 0.2) is 29.6 Å². The van der Waals surface area contributed by atoms with E-state index in [2.05, 4.69) is 16.8 Å². The van der Waals surface area contributed by atoms with Crippen molar-refractivity contribution in [1.29, 1.82) is 0 Å². The topological polar surface area (TPSA) is 79.6 Å². The van der Waals surface area contributed by atoms with Crippen LogP contribution in [-0.4, -0.2) is 46.9 Å². The third-order valence-electron chi connectivity index (χ3n) is 4.29. The highest BCUT2D eigenvalue weighted by Crippen LogP contribution is 2.21. The third kappa shape index (κ3) is 4.14. The molecule has 0 aliphatic carbocycles. The molecule has 0 atom stereocenters. The Morgan fingerprint density at radius 1 is 1.24 bits per heavy atom. The maximum Gasteiger partial charge on any atom is 0.269 e. The fourth-order valence-electron chi connectivity index (χ4n) is 2.86. The molecule has 3 rings (SSSR count). The minimum atomic E-state index is -0.400. The Morgan fingerprint density at radius 3 is 2.48 bits per heavy atom. The average molecular weight is 360 g/mol. The minimum Gasteiger partial charge on any atom is -0.368 e. The van der Waals surface area contributed by atoms with Crippen LogP contribution in [0.3, 0.4) is 0 Å². The molecule has 1 aliphatic rings. The number of rotatable bonds is 5. The standard InChI is InChI=1S/C17H20N4O3S/c1-2-16-18-13(12-25-16)11-17(22)20-9-7-19(8-10-20)14-3-5-15(6-4-14)21(23)24/h3-6,12H,2,7-11H2,1H3. The molecule has 1 amide bonds. The monoisotopic (exact) mass is 360 g/mol. The highest BCUT2D eigenvalue weighted by atomic mass is 32.1. The minimum absolute atomic E-state index is 0.0901. The van der Waals surface area contributed by atoms with Crippen molar-refractivity contribution in [3.63, 3.8) is 0 Å². The van der Waals surface area contributed by atoms with Gasteiger partial charge in [0.15, 0.2) is 0 Å². The smallest absolute Gasteiger partial charge is 0.269 e. The predicted octanol–water partition coefficient (Wildman–Crippen LogP) is 2.51. The SMILES string of the molecule is CCc1nc(CC(=O)N2CCN(c3ccc([N+](=O)[O-])cc3)CC2)cs1. The number of aromatic nitrogens is 1. The summed E-state index contributed by atoms with van der Waals surface area (Å²) in [6, 6.07) is 6.55. The fourth-order valence-corrected chi connectivity index (χ4v) is 3.60. The number of nitrogens with zero attached hydrogens (tertiary/aromatic N) is 4. The molecular weight excluding hydrogens is 340 g/mol.